The maximum atomic E-state index is 11.4. The van der Waals surface area contributed by atoms with E-state index in [-0.39, 0.29) is 12.2 Å². The van der Waals surface area contributed by atoms with Crippen molar-refractivity contribution in [1.29, 1.82) is 0 Å². The molecule has 0 saturated carbocycles. The number of esters is 1. The summed E-state index contributed by atoms with van der Waals surface area (Å²) in [5, 5.41) is 0. The quantitative estimate of drug-likeness (QED) is 0.454. The molecule has 0 amide bonds. The Morgan fingerprint density at radius 2 is 1.94 bits per heavy atom. The third-order valence-electron chi connectivity index (χ3n) is 2.26. The number of carbonyl (C=O) groups excluding carboxylic acids is 2. The summed E-state index contributed by atoms with van der Waals surface area (Å²) in [5.74, 6) is -0.577. The molecule has 0 aliphatic heterocycles. The number of carbonyl (C=O) groups is 2. The molecule has 1 aromatic carbocycles. The first-order chi connectivity index (χ1) is 8.63. The predicted molar refractivity (Wildman–Crippen MR) is 69.9 cm³/mol. The Morgan fingerprint density at radius 3 is 2.50 bits per heavy atom. The van der Waals surface area contributed by atoms with E-state index in [4.69, 9.17) is 4.74 Å². The van der Waals surface area contributed by atoms with Crippen molar-refractivity contribution in [2.45, 2.75) is 20.3 Å². The van der Waals surface area contributed by atoms with E-state index in [0.717, 1.165) is 5.56 Å². The Morgan fingerprint density at radius 1 is 1.28 bits per heavy atom. The smallest absolute Gasteiger partial charge is 0.311 e. The van der Waals surface area contributed by atoms with Crippen LogP contribution in [0, 0.1) is 0 Å². The van der Waals surface area contributed by atoms with Crippen molar-refractivity contribution in [3.63, 3.8) is 0 Å². The van der Waals surface area contributed by atoms with E-state index >= 15 is 0 Å². The molecule has 0 radical (unpaired) electrons. The van der Waals surface area contributed by atoms with Crippen molar-refractivity contribution in [1.82, 2.24) is 0 Å². The summed E-state index contributed by atoms with van der Waals surface area (Å²) in [6, 6.07) is 9.49. The van der Waals surface area contributed by atoms with Gasteiger partial charge in [-0.15, -0.1) is 5.73 Å². The average molecular weight is 244 g/mol. The molecule has 3 nitrogen and oxygen atoms in total. The molecule has 0 aromatic heterocycles. The van der Waals surface area contributed by atoms with E-state index < -0.39 is 5.97 Å². The van der Waals surface area contributed by atoms with E-state index in [9.17, 15) is 9.59 Å². The molecule has 0 atom stereocenters. The Kier molecular flexibility index (Phi) is 5.62. The van der Waals surface area contributed by atoms with Crippen molar-refractivity contribution >= 4 is 17.8 Å². The second-order valence-corrected chi connectivity index (χ2v) is 3.72. The zero-order valence-electron chi connectivity index (χ0n) is 10.6. The van der Waals surface area contributed by atoms with E-state index in [0.29, 0.717) is 12.2 Å². The second-order valence-electron chi connectivity index (χ2n) is 3.72. The summed E-state index contributed by atoms with van der Waals surface area (Å²) in [7, 11) is 0. The van der Waals surface area contributed by atoms with Crippen LogP contribution in [0.15, 0.2) is 41.6 Å². The minimum Gasteiger partial charge on any atom is -0.466 e. The number of Topliss-reactive ketones (excluding diaryl/α,β-unsaturated/α-hetero) is 1. The number of ketones is 1. The molecular weight excluding hydrogens is 228 g/mol. The number of benzene rings is 1. The van der Waals surface area contributed by atoms with Gasteiger partial charge in [-0.25, -0.2) is 0 Å². The van der Waals surface area contributed by atoms with Crippen LogP contribution in [0.3, 0.4) is 0 Å². The van der Waals surface area contributed by atoms with Crippen LogP contribution in [-0.4, -0.2) is 18.4 Å². The summed E-state index contributed by atoms with van der Waals surface area (Å²) in [4.78, 5) is 22.7. The third kappa shape index (κ3) is 4.81. The zero-order chi connectivity index (χ0) is 13.4. The lowest BCUT2D eigenvalue weighted by molar-refractivity contribution is -0.142. The highest BCUT2D eigenvalue weighted by molar-refractivity contribution is 5.97. The summed E-state index contributed by atoms with van der Waals surface area (Å²) in [6.07, 6.45) is 1.66. The summed E-state index contributed by atoms with van der Waals surface area (Å²) < 4.78 is 4.81. The molecule has 1 aromatic rings. The molecule has 0 aliphatic rings. The largest absolute Gasteiger partial charge is 0.466 e. The molecule has 0 heterocycles. The van der Waals surface area contributed by atoms with Crippen LogP contribution >= 0.6 is 0 Å². The molecule has 18 heavy (non-hydrogen) atoms. The SMILES string of the molecule is CCOC(=O)CC(=C=Cc1ccccc1)C(C)=O. The molecule has 0 aliphatic carbocycles. The monoisotopic (exact) mass is 244 g/mol. The van der Waals surface area contributed by atoms with E-state index in [1.54, 1.807) is 13.0 Å². The van der Waals surface area contributed by atoms with Crippen molar-refractivity contribution in [3.05, 3.63) is 47.2 Å². The Bertz CT molecular complexity index is 480. The highest BCUT2D eigenvalue weighted by Gasteiger charge is 2.10. The Labute approximate surface area is 107 Å². The summed E-state index contributed by atoms with van der Waals surface area (Å²) in [5.41, 5.74) is 4.13. The first kappa shape index (κ1) is 13.9. The Hall–Kier alpha value is -2.12. The minimum absolute atomic E-state index is 0.0352. The van der Waals surface area contributed by atoms with Gasteiger partial charge in [-0.3, -0.25) is 9.59 Å². The lowest BCUT2D eigenvalue weighted by Crippen LogP contribution is -2.08. The topological polar surface area (TPSA) is 43.4 Å². The maximum Gasteiger partial charge on any atom is 0.311 e. The maximum absolute atomic E-state index is 11.4. The predicted octanol–water partition coefficient (Wildman–Crippen LogP) is 2.77. The molecule has 0 unspecified atom stereocenters. The second kappa shape index (κ2) is 7.25. The van der Waals surface area contributed by atoms with Crippen molar-refractivity contribution < 1.29 is 14.3 Å². The molecular formula is C15H16O3. The van der Waals surface area contributed by atoms with Crippen molar-refractivity contribution in [2.75, 3.05) is 6.61 Å². The van der Waals surface area contributed by atoms with Crippen LogP contribution in [0.1, 0.15) is 25.8 Å². The lowest BCUT2D eigenvalue weighted by Gasteiger charge is -2.01. The number of ether oxygens (including phenoxy) is 1. The van der Waals surface area contributed by atoms with Crippen LogP contribution in [0.5, 0.6) is 0 Å². The van der Waals surface area contributed by atoms with Gasteiger partial charge >= 0.3 is 5.97 Å². The molecule has 0 saturated heterocycles. The first-order valence-corrected chi connectivity index (χ1v) is 5.80. The van der Waals surface area contributed by atoms with E-state index in [1.807, 2.05) is 30.3 Å². The fraction of sp³-hybridized carbons (Fsp3) is 0.267. The van der Waals surface area contributed by atoms with Crippen LogP contribution in [0.4, 0.5) is 0 Å². The number of hydrogen-bond acceptors (Lipinski definition) is 3. The molecule has 0 spiro atoms. The summed E-state index contributed by atoms with van der Waals surface area (Å²) in [6.45, 7) is 3.46. The van der Waals surface area contributed by atoms with Gasteiger partial charge in [-0.2, -0.15) is 0 Å². The number of rotatable bonds is 5. The van der Waals surface area contributed by atoms with Gasteiger partial charge in [0.05, 0.1) is 13.0 Å². The number of hydrogen-bond donors (Lipinski definition) is 0. The van der Waals surface area contributed by atoms with Crippen LogP contribution in [0.2, 0.25) is 0 Å². The summed E-state index contributed by atoms with van der Waals surface area (Å²) >= 11 is 0. The fourth-order valence-electron chi connectivity index (χ4n) is 1.35. The van der Waals surface area contributed by atoms with Gasteiger partial charge in [0.15, 0.2) is 5.78 Å². The first-order valence-electron chi connectivity index (χ1n) is 5.80. The molecule has 0 fully saturated rings. The zero-order valence-corrected chi connectivity index (χ0v) is 10.6. The highest BCUT2D eigenvalue weighted by atomic mass is 16.5. The van der Waals surface area contributed by atoms with Gasteiger partial charge in [0, 0.05) is 5.57 Å². The molecule has 1 rings (SSSR count). The van der Waals surface area contributed by atoms with Crippen LogP contribution < -0.4 is 0 Å². The minimum atomic E-state index is -0.406. The Balaban J connectivity index is 2.88. The molecule has 0 bridgehead atoms. The van der Waals surface area contributed by atoms with Crippen molar-refractivity contribution in [2.24, 2.45) is 0 Å². The van der Waals surface area contributed by atoms with Gasteiger partial charge in [-0.1, -0.05) is 30.3 Å². The average Bonchev–Trinajstić information content (AvgIpc) is 2.35. The van der Waals surface area contributed by atoms with Crippen LogP contribution in [0.25, 0.3) is 6.08 Å². The van der Waals surface area contributed by atoms with Gasteiger partial charge in [0.1, 0.15) is 0 Å². The molecule has 0 N–H and O–H groups in total. The normalized spacial score (nSPS) is 9.22. The fourth-order valence-corrected chi connectivity index (χ4v) is 1.35. The lowest BCUT2D eigenvalue weighted by atomic mass is 10.1. The van der Waals surface area contributed by atoms with E-state index in [2.05, 4.69) is 5.73 Å². The molecule has 94 valence electrons. The van der Waals surface area contributed by atoms with Gasteiger partial charge in [-0.05, 0) is 25.5 Å². The molecule has 3 heteroatoms. The van der Waals surface area contributed by atoms with E-state index in [1.165, 1.54) is 6.92 Å². The van der Waals surface area contributed by atoms with Gasteiger partial charge in [0.2, 0.25) is 0 Å². The van der Waals surface area contributed by atoms with Gasteiger partial charge in [0.25, 0.3) is 0 Å². The standard InChI is InChI=1S/C15H16O3/c1-3-18-15(17)11-14(12(2)16)10-9-13-7-5-4-6-8-13/h4-9H,3,11H2,1-2H3. The third-order valence-corrected chi connectivity index (χ3v) is 2.26. The van der Waals surface area contributed by atoms with Gasteiger partial charge < -0.3 is 4.74 Å². The van der Waals surface area contributed by atoms with Crippen LogP contribution in [-0.2, 0) is 14.3 Å². The highest BCUT2D eigenvalue weighted by Crippen LogP contribution is 2.06. The van der Waals surface area contributed by atoms with Crippen molar-refractivity contribution in [3.8, 4) is 0 Å².